The predicted octanol–water partition coefficient (Wildman–Crippen LogP) is 3.06. The molecule has 1 amide bonds. The number of non-ortho nitro benzene ring substituents is 1. The second kappa shape index (κ2) is 4.93. The molecule has 6 heteroatoms. The molecule has 0 unspecified atom stereocenters. The van der Waals surface area contributed by atoms with Crippen molar-refractivity contribution in [2.24, 2.45) is 0 Å². The fraction of sp³-hybridized carbons (Fsp3) is 0.154. The van der Waals surface area contributed by atoms with Gasteiger partial charge >= 0.3 is 0 Å². The Labute approximate surface area is 109 Å². The van der Waals surface area contributed by atoms with Crippen LogP contribution in [0.4, 0.5) is 11.4 Å². The number of carbonyl (C=O) groups is 1. The van der Waals surface area contributed by atoms with Crippen LogP contribution in [0.25, 0.3) is 0 Å². The fourth-order valence-electron chi connectivity index (χ4n) is 1.64. The smallest absolute Gasteiger partial charge is 0.291 e. The molecule has 0 bridgehead atoms. The van der Waals surface area contributed by atoms with Gasteiger partial charge < -0.3 is 9.73 Å². The molecule has 0 spiro atoms. The van der Waals surface area contributed by atoms with Gasteiger partial charge in [-0.15, -0.1) is 0 Å². The fourth-order valence-corrected chi connectivity index (χ4v) is 1.64. The number of carbonyl (C=O) groups excluding carboxylic acids is 1. The van der Waals surface area contributed by atoms with E-state index in [4.69, 9.17) is 4.42 Å². The molecule has 0 saturated heterocycles. The van der Waals surface area contributed by atoms with Crippen LogP contribution in [-0.2, 0) is 0 Å². The SMILES string of the molecule is Cc1ccc(C(=O)Nc2ccc([N+](=O)[O-])cc2C)o1. The number of nitrogens with zero attached hydrogens (tertiary/aromatic N) is 1. The Kier molecular flexibility index (Phi) is 3.33. The van der Waals surface area contributed by atoms with Crippen molar-refractivity contribution in [1.82, 2.24) is 0 Å². The quantitative estimate of drug-likeness (QED) is 0.678. The van der Waals surface area contributed by atoms with Crippen molar-refractivity contribution in [3.05, 3.63) is 57.5 Å². The van der Waals surface area contributed by atoms with Gasteiger partial charge in [-0.25, -0.2) is 0 Å². The molecule has 0 aliphatic heterocycles. The predicted molar refractivity (Wildman–Crippen MR) is 69.2 cm³/mol. The molecule has 19 heavy (non-hydrogen) atoms. The molecule has 0 aliphatic rings. The van der Waals surface area contributed by atoms with E-state index in [0.29, 0.717) is 17.0 Å². The van der Waals surface area contributed by atoms with Gasteiger partial charge in [-0.1, -0.05) is 0 Å². The minimum atomic E-state index is -0.478. The van der Waals surface area contributed by atoms with Crippen LogP contribution in [0.3, 0.4) is 0 Å². The highest BCUT2D eigenvalue weighted by Crippen LogP contribution is 2.22. The zero-order valence-electron chi connectivity index (χ0n) is 10.5. The maximum absolute atomic E-state index is 11.9. The number of hydrogen-bond donors (Lipinski definition) is 1. The molecule has 2 rings (SSSR count). The number of hydrogen-bond acceptors (Lipinski definition) is 4. The lowest BCUT2D eigenvalue weighted by atomic mass is 10.2. The zero-order valence-corrected chi connectivity index (χ0v) is 10.5. The van der Waals surface area contributed by atoms with Crippen molar-refractivity contribution >= 4 is 17.3 Å². The average Bonchev–Trinajstić information content (AvgIpc) is 2.78. The summed E-state index contributed by atoms with van der Waals surface area (Å²) in [5, 5.41) is 13.3. The number of amides is 1. The molecule has 1 aromatic heterocycles. The lowest BCUT2D eigenvalue weighted by Gasteiger charge is -2.06. The standard InChI is InChI=1S/C13H12N2O4/c1-8-7-10(15(17)18)4-5-11(8)14-13(16)12-6-3-9(2)19-12/h3-7H,1-2H3,(H,14,16). The van der Waals surface area contributed by atoms with Gasteiger partial charge in [-0.3, -0.25) is 14.9 Å². The molecule has 0 radical (unpaired) electrons. The molecule has 1 N–H and O–H groups in total. The summed E-state index contributed by atoms with van der Waals surface area (Å²) in [5.41, 5.74) is 1.12. The number of furan rings is 1. The molecular formula is C13H12N2O4. The molecular weight excluding hydrogens is 248 g/mol. The maximum atomic E-state index is 11.9. The molecule has 0 fully saturated rings. The lowest BCUT2D eigenvalue weighted by molar-refractivity contribution is -0.384. The van der Waals surface area contributed by atoms with Crippen molar-refractivity contribution in [3.63, 3.8) is 0 Å². The number of aryl methyl sites for hydroxylation is 2. The van der Waals surface area contributed by atoms with Gasteiger partial charge in [0.25, 0.3) is 11.6 Å². The largest absolute Gasteiger partial charge is 0.456 e. The van der Waals surface area contributed by atoms with Crippen molar-refractivity contribution < 1.29 is 14.1 Å². The Morgan fingerprint density at radius 3 is 2.53 bits per heavy atom. The summed E-state index contributed by atoms with van der Waals surface area (Å²) < 4.78 is 5.20. The molecule has 0 atom stereocenters. The minimum Gasteiger partial charge on any atom is -0.456 e. The van der Waals surface area contributed by atoms with E-state index in [0.717, 1.165) is 0 Å². The summed E-state index contributed by atoms with van der Waals surface area (Å²) in [5.74, 6) is 0.464. The van der Waals surface area contributed by atoms with Crippen LogP contribution in [0, 0.1) is 24.0 Å². The highest BCUT2D eigenvalue weighted by molar-refractivity contribution is 6.02. The molecule has 1 aromatic carbocycles. The van der Waals surface area contributed by atoms with Crippen LogP contribution < -0.4 is 5.32 Å². The highest BCUT2D eigenvalue weighted by atomic mass is 16.6. The molecule has 0 aliphatic carbocycles. The normalized spacial score (nSPS) is 10.2. The van der Waals surface area contributed by atoms with Gasteiger partial charge in [0.2, 0.25) is 0 Å². The van der Waals surface area contributed by atoms with E-state index < -0.39 is 4.92 Å². The van der Waals surface area contributed by atoms with Crippen molar-refractivity contribution in [2.45, 2.75) is 13.8 Å². The summed E-state index contributed by atoms with van der Waals surface area (Å²) >= 11 is 0. The number of nitrogens with one attached hydrogen (secondary N) is 1. The van der Waals surface area contributed by atoms with E-state index >= 15 is 0 Å². The Hall–Kier alpha value is -2.63. The van der Waals surface area contributed by atoms with E-state index in [1.165, 1.54) is 18.2 Å². The van der Waals surface area contributed by atoms with E-state index in [2.05, 4.69) is 5.32 Å². The second-order valence-corrected chi connectivity index (χ2v) is 4.12. The van der Waals surface area contributed by atoms with Crippen LogP contribution >= 0.6 is 0 Å². The van der Waals surface area contributed by atoms with Crippen LogP contribution in [0.1, 0.15) is 21.9 Å². The first-order valence-electron chi connectivity index (χ1n) is 5.60. The third kappa shape index (κ3) is 2.79. The number of rotatable bonds is 3. The first-order valence-corrected chi connectivity index (χ1v) is 5.60. The Balaban J connectivity index is 2.20. The van der Waals surface area contributed by atoms with Gasteiger partial charge in [-0.05, 0) is 37.6 Å². The monoisotopic (exact) mass is 260 g/mol. The van der Waals surface area contributed by atoms with Crippen LogP contribution in [0.15, 0.2) is 34.7 Å². The Morgan fingerprint density at radius 2 is 2.00 bits per heavy atom. The Morgan fingerprint density at radius 1 is 1.26 bits per heavy atom. The van der Waals surface area contributed by atoms with Crippen LogP contribution in [0.2, 0.25) is 0 Å². The summed E-state index contributed by atoms with van der Waals surface area (Å²) in [4.78, 5) is 22.0. The third-order valence-electron chi connectivity index (χ3n) is 2.63. The Bertz CT molecular complexity index is 646. The van der Waals surface area contributed by atoms with Gasteiger partial charge in [-0.2, -0.15) is 0 Å². The van der Waals surface area contributed by atoms with Crippen molar-refractivity contribution in [2.75, 3.05) is 5.32 Å². The maximum Gasteiger partial charge on any atom is 0.291 e. The van der Waals surface area contributed by atoms with Gasteiger partial charge in [0.05, 0.1) is 4.92 Å². The summed E-state index contributed by atoms with van der Waals surface area (Å²) in [6.07, 6.45) is 0. The minimum absolute atomic E-state index is 0.00987. The summed E-state index contributed by atoms with van der Waals surface area (Å²) in [6, 6.07) is 7.52. The van der Waals surface area contributed by atoms with Crippen molar-refractivity contribution in [1.29, 1.82) is 0 Å². The van der Waals surface area contributed by atoms with Crippen LogP contribution in [-0.4, -0.2) is 10.8 Å². The molecule has 2 aromatic rings. The third-order valence-corrected chi connectivity index (χ3v) is 2.63. The van der Waals surface area contributed by atoms with Gasteiger partial charge in [0, 0.05) is 17.8 Å². The van der Waals surface area contributed by atoms with Gasteiger partial charge in [0.1, 0.15) is 5.76 Å². The van der Waals surface area contributed by atoms with Gasteiger partial charge in [0.15, 0.2) is 5.76 Å². The van der Waals surface area contributed by atoms with E-state index in [1.807, 2.05) is 0 Å². The summed E-state index contributed by atoms with van der Waals surface area (Å²) in [6.45, 7) is 3.43. The topological polar surface area (TPSA) is 85.4 Å². The number of benzene rings is 1. The summed E-state index contributed by atoms with van der Waals surface area (Å²) in [7, 11) is 0. The first-order chi connectivity index (χ1) is 8.97. The zero-order chi connectivity index (χ0) is 14.0. The van der Waals surface area contributed by atoms with Crippen LogP contribution in [0.5, 0.6) is 0 Å². The molecule has 0 saturated carbocycles. The van der Waals surface area contributed by atoms with E-state index in [9.17, 15) is 14.9 Å². The lowest BCUT2D eigenvalue weighted by Crippen LogP contribution is -2.11. The van der Waals surface area contributed by atoms with E-state index in [1.54, 1.807) is 26.0 Å². The number of anilines is 1. The number of nitro groups is 1. The average molecular weight is 260 g/mol. The second-order valence-electron chi connectivity index (χ2n) is 4.12. The number of nitro benzene ring substituents is 1. The van der Waals surface area contributed by atoms with Crippen molar-refractivity contribution in [3.8, 4) is 0 Å². The molecule has 1 heterocycles. The van der Waals surface area contributed by atoms with E-state index in [-0.39, 0.29) is 17.4 Å². The first kappa shape index (κ1) is 12.8. The molecule has 6 nitrogen and oxygen atoms in total. The highest BCUT2D eigenvalue weighted by Gasteiger charge is 2.13. The molecule has 98 valence electrons.